The van der Waals surface area contributed by atoms with Gasteiger partial charge >= 0.3 is 0 Å². The maximum absolute atomic E-state index is 11.5. The van der Waals surface area contributed by atoms with Crippen LogP contribution in [-0.4, -0.2) is 40.8 Å². The molecule has 2 rings (SSSR count). The van der Waals surface area contributed by atoms with Gasteiger partial charge < -0.3 is 10.2 Å². The van der Waals surface area contributed by atoms with Crippen LogP contribution in [0.15, 0.2) is 0 Å². The second-order valence-electron chi connectivity index (χ2n) is 4.68. The fraction of sp³-hybridized carbons (Fsp3) is 0.909. The SMILES string of the molecule is CC(Br)C(=O)NC1CCN2CCCC2C1. The molecular weight excluding hydrogens is 256 g/mol. The van der Waals surface area contributed by atoms with Crippen molar-refractivity contribution in [1.29, 1.82) is 0 Å². The minimum absolute atomic E-state index is 0.0703. The topological polar surface area (TPSA) is 32.3 Å². The highest BCUT2D eigenvalue weighted by Crippen LogP contribution is 2.26. The Morgan fingerprint density at radius 3 is 3.00 bits per heavy atom. The lowest BCUT2D eigenvalue weighted by Gasteiger charge is -2.35. The molecule has 0 saturated carbocycles. The highest BCUT2D eigenvalue weighted by molar-refractivity contribution is 9.10. The zero-order valence-corrected chi connectivity index (χ0v) is 10.8. The van der Waals surface area contributed by atoms with Crippen LogP contribution in [0.1, 0.15) is 32.6 Å². The third-order valence-electron chi connectivity index (χ3n) is 3.53. The molecule has 0 spiro atoms. The molecule has 2 heterocycles. The van der Waals surface area contributed by atoms with E-state index in [4.69, 9.17) is 0 Å². The lowest BCUT2D eigenvalue weighted by atomic mass is 9.97. The van der Waals surface area contributed by atoms with Gasteiger partial charge in [-0.3, -0.25) is 4.79 Å². The first-order valence-electron chi connectivity index (χ1n) is 5.85. The van der Waals surface area contributed by atoms with E-state index in [0.29, 0.717) is 6.04 Å². The largest absolute Gasteiger partial charge is 0.352 e. The Labute approximate surface area is 99.7 Å². The van der Waals surface area contributed by atoms with Gasteiger partial charge in [-0.2, -0.15) is 0 Å². The van der Waals surface area contributed by atoms with Gasteiger partial charge in [-0.05, 0) is 39.2 Å². The molecule has 0 aromatic heterocycles. The molecule has 15 heavy (non-hydrogen) atoms. The van der Waals surface area contributed by atoms with Gasteiger partial charge in [0.2, 0.25) is 5.91 Å². The normalized spacial score (nSPS) is 33.5. The van der Waals surface area contributed by atoms with Crippen LogP contribution >= 0.6 is 15.9 Å². The Morgan fingerprint density at radius 2 is 2.27 bits per heavy atom. The maximum Gasteiger partial charge on any atom is 0.233 e. The number of rotatable bonds is 2. The van der Waals surface area contributed by atoms with Crippen molar-refractivity contribution >= 4 is 21.8 Å². The van der Waals surface area contributed by atoms with Gasteiger partial charge in [0.1, 0.15) is 0 Å². The van der Waals surface area contributed by atoms with E-state index in [0.717, 1.165) is 25.4 Å². The van der Waals surface area contributed by atoms with Crippen LogP contribution in [0.5, 0.6) is 0 Å². The smallest absolute Gasteiger partial charge is 0.233 e. The summed E-state index contributed by atoms with van der Waals surface area (Å²) >= 11 is 3.30. The van der Waals surface area contributed by atoms with E-state index in [2.05, 4.69) is 26.1 Å². The van der Waals surface area contributed by atoms with E-state index >= 15 is 0 Å². The van der Waals surface area contributed by atoms with Gasteiger partial charge in [0, 0.05) is 18.6 Å². The number of hydrogen-bond acceptors (Lipinski definition) is 2. The monoisotopic (exact) mass is 274 g/mol. The molecule has 2 aliphatic heterocycles. The second kappa shape index (κ2) is 4.83. The molecule has 3 atom stereocenters. The molecule has 0 bridgehead atoms. The van der Waals surface area contributed by atoms with Crippen molar-refractivity contribution in [3.05, 3.63) is 0 Å². The first-order valence-corrected chi connectivity index (χ1v) is 6.77. The summed E-state index contributed by atoms with van der Waals surface area (Å²) in [5.41, 5.74) is 0. The predicted octanol–water partition coefficient (Wildman–Crippen LogP) is 1.51. The molecule has 0 aliphatic carbocycles. The number of alkyl halides is 1. The number of piperidine rings is 1. The molecule has 2 saturated heterocycles. The highest BCUT2D eigenvalue weighted by Gasteiger charge is 2.32. The standard InChI is InChI=1S/C11H19BrN2O/c1-8(12)11(15)13-9-4-6-14-5-2-3-10(14)7-9/h8-10H,2-7H2,1H3,(H,13,15). The average Bonchev–Trinajstić information content (AvgIpc) is 2.64. The number of carbonyl (C=O) groups excluding carboxylic acids is 1. The van der Waals surface area contributed by atoms with Crippen molar-refractivity contribution in [1.82, 2.24) is 10.2 Å². The molecule has 0 aromatic carbocycles. The average molecular weight is 275 g/mol. The van der Waals surface area contributed by atoms with Crippen molar-refractivity contribution in [3.63, 3.8) is 0 Å². The predicted molar refractivity (Wildman–Crippen MR) is 64.1 cm³/mol. The first-order chi connectivity index (χ1) is 7.16. The molecular formula is C11H19BrN2O. The maximum atomic E-state index is 11.5. The third-order valence-corrected chi connectivity index (χ3v) is 3.94. The Bertz CT molecular complexity index is 245. The number of hydrogen-bond donors (Lipinski definition) is 1. The Balaban J connectivity index is 1.82. The van der Waals surface area contributed by atoms with Crippen molar-refractivity contribution in [3.8, 4) is 0 Å². The van der Waals surface area contributed by atoms with Crippen LogP contribution in [0.3, 0.4) is 0 Å². The third kappa shape index (κ3) is 2.72. The number of amides is 1. The van der Waals surface area contributed by atoms with Crippen molar-refractivity contribution in [2.24, 2.45) is 0 Å². The van der Waals surface area contributed by atoms with Gasteiger partial charge in [-0.25, -0.2) is 0 Å². The van der Waals surface area contributed by atoms with Crippen LogP contribution < -0.4 is 5.32 Å². The number of nitrogens with one attached hydrogen (secondary N) is 1. The van der Waals surface area contributed by atoms with E-state index in [1.54, 1.807) is 0 Å². The molecule has 2 aliphatic rings. The highest BCUT2D eigenvalue weighted by atomic mass is 79.9. The van der Waals surface area contributed by atoms with Crippen molar-refractivity contribution in [2.75, 3.05) is 13.1 Å². The Morgan fingerprint density at radius 1 is 1.47 bits per heavy atom. The summed E-state index contributed by atoms with van der Waals surface area (Å²) in [6, 6.07) is 1.13. The molecule has 3 unspecified atom stereocenters. The van der Waals surface area contributed by atoms with Crippen LogP contribution in [0.4, 0.5) is 0 Å². The molecule has 2 fully saturated rings. The van der Waals surface area contributed by atoms with Crippen LogP contribution in [0.25, 0.3) is 0 Å². The fourth-order valence-electron chi connectivity index (χ4n) is 2.67. The van der Waals surface area contributed by atoms with Gasteiger partial charge in [-0.1, -0.05) is 15.9 Å². The molecule has 1 N–H and O–H groups in total. The number of halogens is 1. The molecule has 3 nitrogen and oxygen atoms in total. The summed E-state index contributed by atoms with van der Waals surface area (Å²) in [5.74, 6) is 0.131. The summed E-state index contributed by atoms with van der Waals surface area (Å²) < 4.78 is 0. The minimum atomic E-state index is -0.0703. The van der Waals surface area contributed by atoms with Gasteiger partial charge in [0.05, 0.1) is 4.83 Å². The minimum Gasteiger partial charge on any atom is -0.352 e. The van der Waals surface area contributed by atoms with E-state index in [9.17, 15) is 4.79 Å². The van der Waals surface area contributed by atoms with Crippen LogP contribution in [0.2, 0.25) is 0 Å². The zero-order valence-electron chi connectivity index (χ0n) is 9.21. The van der Waals surface area contributed by atoms with Crippen molar-refractivity contribution < 1.29 is 4.79 Å². The summed E-state index contributed by atoms with van der Waals surface area (Å²) in [4.78, 5) is 14.0. The van der Waals surface area contributed by atoms with Crippen LogP contribution in [-0.2, 0) is 4.79 Å². The Kier molecular flexibility index (Phi) is 3.67. The summed E-state index contributed by atoms with van der Waals surface area (Å²) in [6.45, 7) is 4.30. The first kappa shape index (κ1) is 11.4. The molecule has 86 valence electrons. The van der Waals surface area contributed by atoms with E-state index in [1.807, 2.05) is 6.92 Å². The Hall–Kier alpha value is -0.0900. The molecule has 1 amide bonds. The second-order valence-corrected chi connectivity index (χ2v) is 6.05. The van der Waals surface area contributed by atoms with E-state index in [-0.39, 0.29) is 10.7 Å². The summed E-state index contributed by atoms with van der Waals surface area (Å²) in [6.07, 6.45) is 4.91. The summed E-state index contributed by atoms with van der Waals surface area (Å²) in [5, 5.41) is 3.12. The number of carbonyl (C=O) groups is 1. The fourth-order valence-corrected chi connectivity index (χ4v) is 2.80. The van der Waals surface area contributed by atoms with Gasteiger partial charge in [0.15, 0.2) is 0 Å². The molecule has 0 aromatic rings. The van der Waals surface area contributed by atoms with Crippen LogP contribution in [0, 0.1) is 0 Å². The zero-order chi connectivity index (χ0) is 10.8. The summed E-state index contributed by atoms with van der Waals surface area (Å²) in [7, 11) is 0. The lowest BCUT2D eigenvalue weighted by Crippen LogP contribution is -2.48. The molecule has 4 heteroatoms. The van der Waals surface area contributed by atoms with E-state index in [1.165, 1.54) is 19.4 Å². The van der Waals surface area contributed by atoms with Gasteiger partial charge in [0.25, 0.3) is 0 Å². The number of nitrogens with zero attached hydrogens (tertiary/aromatic N) is 1. The van der Waals surface area contributed by atoms with Gasteiger partial charge in [-0.15, -0.1) is 0 Å². The van der Waals surface area contributed by atoms with Crippen molar-refractivity contribution in [2.45, 2.75) is 49.5 Å². The lowest BCUT2D eigenvalue weighted by molar-refractivity contribution is -0.121. The molecule has 0 radical (unpaired) electrons. The van der Waals surface area contributed by atoms with E-state index < -0.39 is 0 Å². The quantitative estimate of drug-likeness (QED) is 0.775. The number of fused-ring (bicyclic) bond motifs is 1.